The van der Waals surface area contributed by atoms with Crippen molar-refractivity contribution < 1.29 is 0 Å². The monoisotopic (exact) mass is 696 g/mol. The molecule has 2 aliphatic carbocycles. The van der Waals surface area contributed by atoms with Crippen LogP contribution in [0.3, 0.4) is 0 Å². The molecule has 0 aromatic heterocycles. The Labute approximate surface area is 321 Å². The summed E-state index contributed by atoms with van der Waals surface area (Å²) in [5, 5.41) is 10.3. The molecular formula is C55H36. The van der Waals surface area contributed by atoms with E-state index >= 15 is 0 Å². The van der Waals surface area contributed by atoms with E-state index in [9.17, 15) is 0 Å². The first kappa shape index (κ1) is 30.7. The van der Waals surface area contributed by atoms with E-state index in [1.807, 2.05) is 0 Å². The van der Waals surface area contributed by atoms with Crippen LogP contribution in [0.25, 0.3) is 110 Å². The quantitative estimate of drug-likeness (QED) is 0.161. The van der Waals surface area contributed by atoms with Crippen molar-refractivity contribution in [2.24, 2.45) is 0 Å². The predicted octanol–water partition coefficient (Wildman–Crippen LogP) is 15.3. The largest absolute Gasteiger partial charge is 0.0619 e. The van der Waals surface area contributed by atoms with Gasteiger partial charge in [-0.2, -0.15) is 0 Å². The molecule has 0 radical (unpaired) electrons. The molecule has 256 valence electrons. The van der Waals surface area contributed by atoms with Gasteiger partial charge in [0.2, 0.25) is 0 Å². The Morgan fingerprint density at radius 1 is 0.291 bits per heavy atom. The van der Waals surface area contributed by atoms with Crippen LogP contribution < -0.4 is 0 Å². The summed E-state index contributed by atoms with van der Waals surface area (Å²) in [4.78, 5) is 0. The van der Waals surface area contributed by atoms with E-state index < -0.39 is 0 Å². The van der Waals surface area contributed by atoms with E-state index in [0.29, 0.717) is 0 Å². The SMILES string of the molecule is CC1(C)c2ccccc2-c2ccc(-c3c4ccccc4c(-c4ccc5c6c(cccc46)-c4ccccc4-5)c4ccc(-c5cccc6ccccc56)cc34)cc21. The summed E-state index contributed by atoms with van der Waals surface area (Å²) in [6.45, 7) is 4.76. The Balaban J connectivity index is 1.20. The van der Waals surface area contributed by atoms with Crippen molar-refractivity contribution in [3.05, 3.63) is 193 Å². The molecule has 0 bridgehead atoms. The highest BCUT2D eigenvalue weighted by Gasteiger charge is 2.35. The minimum absolute atomic E-state index is 0.0934. The Bertz CT molecular complexity index is 3250. The molecule has 2 aliphatic rings. The maximum absolute atomic E-state index is 2.50. The van der Waals surface area contributed by atoms with Crippen LogP contribution in [-0.2, 0) is 5.41 Å². The van der Waals surface area contributed by atoms with Gasteiger partial charge < -0.3 is 0 Å². The van der Waals surface area contributed by atoms with E-state index in [-0.39, 0.29) is 5.41 Å². The van der Waals surface area contributed by atoms with Crippen LogP contribution >= 0.6 is 0 Å². The van der Waals surface area contributed by atoms with Crippen molar-refractivity contribution in [1.29, 1.82) is 0 Å². The van der Waals surface area contributed by atoms with Gasteiger partial charge in [0.05, 0.1) is 0 Å². The molecule has 0 saturated heterocycles. The van der Waals surface area contributed by atoms with Gasteiger partial charge in [-0.1, -0.05) is 184 Å². The van der Waals surface area contributed by atoms with Crippen molar-refractivity contribution in [2.45, 2.75) is 19.3 Å². The second-order valence-corrected chi connectivity index (χ2v) is 15.9. The lowest BCUT2D eigenvalue weighted by atomic mass is 9.80. The number of fused-ring (bicyclic) bond motifs is 9. The highest BCUT2D eigenvalue weighted by Crippen LogP contribution is 2.54. The van der Waals surface area contributed by atoms with E-state index in [4.69, 9.17) is 0 Å². The topological polar surface area (TPSA) is 0 Å². The van der Waals surface area contributed by atoms with Crippen LogP contribution in [0, 0.1) is 0 Å². The lowest BCUT2D eigenvalue weighted by Crippen LogP contribution is -2.14. The third-order valence-corrected chi connectivity index (χ3v) is 12.8. The van der Waals surface area contributed by atoms with E-state index in [1.165, 1.54) is 121 Å². The zero-order chi connectivity index (χ0) is 36.4. The summed E-state index contributed by atoms with van der Waals surface area (Å²) in [6.07, 6.45) is 0. The molecule has 0 saturated carbocycles. The van der Waals surface area contributed by atoms with Gasteiger partial charge in [0.1, 0.15) is 0 Å². The highest BCUT2D eigenvalue weighted by atomic mass is 14.4. The molecule has 0 fully saturated rings. The minimum atomic E-state index is -0.0934. The maximum atomic E-state index is 2.50. The predicted molar refractivity (Wildman–Crippen MR) is 235 cm³/mol. The average molecular weight is 697 g/mol. The molecule has 0 heterocycles. The van der Waals surface area contributed by atoms with Crippen LogP contribution in [0.5, 0.6) is 0 Å². The Morgan fingerprint density at radius 2 is 0.818 bits per heavy atom. The van der Waals surface area contributed by atoms with Gasteiger partial charge in [0.15, 0.2) is 0 Å². The maximum Gasteiger partial charge on any atom is 0.0159 e. The summed E-state index contributed by atoms with van der Waals surface area (Å²) in [5.74, 6) is 0. The zero-order valence-electron chi connectivity index (χ0n) is 30.8. The van der Waals surface area contributed by atoms with Gasteiger partial charge in [-0.05, 0) is 133 Å². The van der Waals surface area contributed by atoms with E-state index in [1.54, 1.807) is 0 Å². The summed E-state index contributed by atoms with van der Waals surface area (Å²) >= 11 is 0. The van der Waals surface area contributed by atoms with Crippen LogP contribution in [-0.4, -0.2) is 0 Å². The lowest BCUT2D eigenvalue weighted by molar-refractivity contribution is 0.660. The van der Waals surface area contributed by atoms with Crippen molar-refractivity contribution in [1.82, 2.24) is 0 Å². The summed E-state index contributed by atoms with van der Waals surface area (Å²) in [7, 11) is 0. The molecule has 0 unspecified atom stereocenters. The standard InChI is InChI=1S/C55H36/c1-55(2)50-24-10-9-18-40(50)41-27-26-35(32-51(41)55)52-43-19-7-8-20-44(43)54(47-30-29-46-39-17-6-5-16-38(39)42-22-12-23-45(47)53(42)46)48-28-25-34(31-49(48)52)37-21-11-14-33-13-3-4-15-36(33)37/h3-32H,1-2H3. The van der Waals surface area contributed by atoms with Gasteiger partial charge in [0, 0.05) is 5.41 Å². The zero-order valence-corrected chi connectivity index (χ0v) is 30.8. The van der Waals surface area contributed by atoms with Crippen molar-refractivity contribution in [3.63, 3.8) is 0 Å². The van der Waals surface area contributed by atoms with Crippen molar-refractivity contribution in [2.75, 3.05) is 0 Å². The highest BCUT2D eigenvalue weighted by molar-refractivity contribution is 6.27. The fraction of sp³-hybridized carbons (Fsp3) is 0.0545. The first-order valence-corrected chi connectivity index (χ1v) is 19.4. The third-order valence-electron chi connectivity index (χ3n) is 12.8. The molecule has 0 aliphatic heterocycles. The molecule has 0 atom stereocenters. The fourth-order valence-electron chi connectivity index (χ4n) is 10.3. The van der Waals surface area contributed by atoms with E-state index in [0.717, 1.165) is 0 Å². The van der Waals surface area contributed by atoms with Crippen LogP contribution in [0.4, 0.5) is 0 Å². The molecule has 55 heavy (non-hydrogen) atoms. The van der Waals surface area contributed by atoms with Gasteiger partial charge in [-0.25, -0.2) is 0 Å². The Kier molecular flexibility index (Phi) is 6.21. The van der Waals surface area contributed by atoms with Gasteiger partial charge in [0.25, 0.3) is 0 Å². The second kappa shape index (κ2) is 11.1. The molecule has 0 amide bonds. The summed E-state index contributed by atoms with van der Waals surface area (Å²) < 4.78 is 0. The number of benzene rings is 10. The first-order chi connectivity index (χ1) is 27.1. The minimum Gasteiger partial charge on any atom is -0.0619 e. The van der Waals surface area contributed by atoms with Crippen LogP contribution in [0.1, 0.15) is 25.0 Å². The molecule has 10 aromatic carbocycles. The summed E-state index contributed by atoms with van der Waals surface area (Å²) in [6, 6.07) is 68.5. The van der Waals surface area contributed by atoms with Crippen LogP contribution in [0.2, 0.25) is 0 Å². The smallest absolute Gasteiger partial charge is 0.0159 e. The van der Waals surface area contributed by atoms with Gasteiger partial charge >= 0.3 is 0 Å². The molecule has 0 heteroatoms. The molecule has 0 spiro atoms. The fourth-order valence-corrected chi connectivity index (χ4v) is 10.3. The number of hydrogen-bond donors (Lipinski definition) is 0. The number of hydrogen-bond acceptors (Lipinski definition) is 0. The van der Waals surface area contributed by atoms with Crippen molar-refractivity contribution in [3.8, 4) is 66.8 Å². The van der Waals surface area contributed by atoms with Gasteiger partial charge in [-0.3, -0.25) is 0 Å². The first-order valence-electron chi connectivity index (χ1n) is 19.4. The van der Waals surface area contributed by atoms with Crippen molar-refractivity contribution >= 4 is 43.1 Å². The lowest BCUT2D eigenvalue weighted by Gasteiger charge is -2.23. The molecule has 12 rings (SSSR count). The van der Waals surface area contributed by atoms with E-state index in [2.05, 4.69) is 196 Å². The molecule has 10 aromatic rings. The Hall–Kier alpha value is -6.76. The average Bonchev–Trinajstić information content (AvgIpc) is 3.68. The van der Waals surface area contributed by atoms with Crippen LogP contribution in [0.15, 0.2) is 182 Å². The molecule has 0 nitrogen and oxygen atoms in total. The second-order valence-electron chi connectivity index (χ2n) is 15.9. The Morgan fingerprint density at radius 3 is 1.65 bits per heavy atom. The third kappa shape index (κ3) is 4.17. The molecule has 0 N–H and O–H groups in total. The molecular weight excluding hydrogens is 661 g/mol. The number of rotatable bonds is 3. The van der Waals surface area contributed by atoms with Gasteiger partial charge in [-0.15, -0.1) is 0 Å². The normalized spacial score (nSPS) is 13.4. The summed E-state index contributed by atoms with van der Waals surface area (Å²) in [5.41, 5.74) is 18.3.